The van der Waals surface area contributed by atoms with E-state index in [1.807, 2.05) is 0 Å². The molecule has 1 aromatic carbocycles. The van der Waals surface area contributed by atoms with Gasteiger partial charge in [0.15, 0.2) is 11.6 Å². The largest absolute Gasteiger partial charge is 0.505 e. The summed E-state index contributed by atoms with van der Waals surface area (Å²) in [7, 11) is 0. The molecule has 6 heteroatoms. The van der Waals surface area contributed by atoms with E-state index in [0.29, 0.717) is 0 Å². The molecule has 1 atom stereocenters. The number of alkyl halides is 3. The summed E-state index contributed by atoms with van der Waals surface area (Å²) in [6.45, 7) is 1.37. The predicted molar refractivity (Wildman–Crippen MR) is 55.0 cm³/mol. The van der Waals surface area contributed by atoms with Crippen molar-refractivity contribution in [2.24, 2.45) is 0 Å². The molecule has 0 aliphatic rings. The van der Waals surface area contributed by atoms with E-state index >= 15 is 0 Å². The van der Waals surface area contributed by atoms with E-state index in [2.05, 4.69) is 5.32 Å². The highest BCUT2D eigenvalue weighted by Gasteiger charge is 2.29. The van der Waals surface area contributed by atoms with Crippen LogP contribution in [0.15, 0.2) is 18.2 Å². The summed E-state index contributed by atoms with van der Waals surface area (Å²) in [6, 6.07) is 3.13. The summed E-state index contributed by atoms with van der Waals surface area (Å²) in [4.78, 5) is 0. The van der Waals surface area contributed by atoms with Crippen LogP contribution < -0.4 is 5.32 Å². The minimum atomic E-state index is -4.24. The van der Waals surface area contributed by atoms with Gasteiger partial charge in [-0.25, -0.2) is 4.39 Å². The quantitative estimate of drug-likeness (QED) is 0.806. The molecule has 1 aromatic rings. The van der Waals surface area contributed by atoms with Crippen molar-refractivity contribution in [3.8, 4) is 5.75 Å². The lowest BCUT2D eigenvalue weighted by Gasteiger charge is -2.16. The van der Waals surface area contributed by atoms with E-state index in [4.69, 9.17) is 0 Å². The Morgan fingerprint density at radius 3 is 2.59 bits per heavy atom. The maximum atomic E-state index is 12.9. The monoisotopic (exact) mass is 251 g/mol. The van der Waals surface area contributed by atoms with Gasteiger partial charge in [-0.2, -0.15) is 13.2 Å². The molecule has 2 nitrogen and oxygen atoms in total. The Morgan fingerprint density at radius 2 is 2.00 bits per heavy atom. The first-order valence-electron chi connectivity index (χ1n) is 5.06. The average Bonchev–Trinajstić information content (AvgIpc) is 2.18. The lowest BCUT2D eigenvalue weighted by Crippen LogP contribution is -2.30. The van der Waals surface area contributed by atoms with Crippen LogP contribution in [0, 0.1) is 5.82 Å². The van der Waals surface area contributed by atoms with E-state index in [-0.39, 0.29) is 12.1 Å². The molecule has 0 spiro atoms. The number of hydrogen-bond donors (Lipinski definition) is 2. The van der Waals surface area contributed by atoms with Crippen molar-refractivity contribution >= 4 is 0 Å². The van der Waals surface area contributed by atoms with Gasteiger partial charge in [0.25, 0.3) is 0 Å². The summed E-state index contributed by atoms with van der Waals surface area (Å²) in [6.07, 6.45) is -5.21. The Bertz CT molecular complexity index is 378. The first-order chi connectivity index (χ1) is 7.79. The molecule has 96 valence electrons. The van der Waals surface area contributed by atoms with Gasteiger partial charge in [-0.3, -0.25) is 0 Å². The fourth-order valence-corrected chi connectivity index (χ4v) is 1.41. The predicted octanol–water partition coefficient (Wildman–Crippen LogP) is 2.96. The Kier molecular flexibility index (Phi) is 4.34. The molecular weight excluding hydrogens is 238 g/mol. The second kappa shape index (κ2) is 5.35. The first-order valence-corrected chi connectivity index (χ1v) is 5.06. The van der Waals surface area contributed by atoms with Gasteiger partial charge in [0.2, 0.25) is 0 Å². The summed E-state index contributed by atoms with van der Waals surface area (Å²) >= 11 is 0. The van der Waals surface area contributed by atoms with E-state index in [0.717, 1.165) is 6.07 Å². The standard InChI is InChI=1S/C11H13F4NO/c1-7(5-11(13,14)15)16-6-8-3-2-4-9(12)10(8)17/h2-4,7,16-17H,5-6H2,1H3. The van der Waals surface area contributed by atoms with Gasteiger partial charge >= 0.3 is 6.18 Å². The van der Waals surface area contributed by atoms with Gasteiger partial charge in [0, 0.05) is 18.2 Å². The summed E-state index contributed by atoms with van der Waals surface area (Å²) in [5, 5.41) is 11.9. The second-order valence-corrected chi connectivity index (χ2v) is 3.85. The minimum absolute atomic E-state index is 0.0131. The fourth-order valence-electron chi connectivity index (χ4n) is 1.41. The third-order valence-corrected chi connectivity index (χ3v) is 2.25. The van der Waals surface area contributed by atoms with Crippen LogP contribution in [0.1, 0.15) is 18.9 Å². The van der Waals surface area contributed by atoms with Crippen molar-refractivity contribution in [3.63, 3.8) is 0 Å². The Balaban J connectivity index is 2.53. The third kappa shape index (κ3) is 4.60. The highest BCUT2D eigenvalue weighted by Crippen LogP contribution is 2.23. The SMILES string of the molecule is CC(CC(F)(F)F)NCc1cccc(F)c1O. The molecule has 0 aromatic heterocycles. The molecule has 0 heterocycles. The van der Waals surface area contributed by atoms with Crippen molar-refractivity contribution in [3.05, 3.63) is 29.6 Å². The van der Waals surface area contributed by atoms with Gasteiger partial charge in [-0.15, -0.1) is 0 Å². The molecule has 0 bridgehead atoms. The summed E-state index contributed by atoms with van der Waals surface area (Å²) in [5.74, 6) is -1.31. The van der Waals surface area contributed by atoms with Gasteiger partial charge in [-0.1, -0.05) is 12.1 Å². The number of benzene rings is 1. The molecule has 0 saturated heterocycles. The number of halogens is 4. The molecule has 1 unspecified atom stereocenters. The van der Waals surface area contributed by atoms with Crippen LogP contribution >= 0.6 is 0 Å². The summed E-state index contributed by atoms with van der Waals surface area (Å²) in [5.41, 5.74) is 0.235. The van der Waals surface area contributed by atoms with E-state index in [1.165, 1.54) is 19.1 Å². The van der Waals surface area contributed by atoms with Crippen molar-refractivity contribution in [2.75, 3.05) is 0 Å². The number of rotatable bonds is 4. The highest BCUT2D eigenvalue weighted by molar-refractivity contribution is 5.33. The molecule has 0 aliphatic carbocycles. The van der Waals surface area contributed by atoms with Crippen LogP contribution in [-0.2, 0) is 6.54 Å². The third-order valence-electron chi connectivity index (χ3n) is 2.25. The Hall–Kier alpha value is -1.30. The molecule has 0 fully saturated rings. The van der Waals surface area contributed by atoms with E-state index in [1.54, 1.807) is 0 Å². The van der Waals surface area contributed by atoms with Gasteiger partial charge in [0.1, 0.15) is 0 Å². The molecular formula is C11H13F4NO. The molecule has 17 heavy (non-hydrogen) atoms. The zero-order chi connectivity index (χ0) is 13.1. The first kappa shape index (κ1) is 13.8. The Morgan fingerprint density at radius 1 is 1.35 bits per heavy atom. The van der Waals surface area contributed by atoms with Crippen LogP contribution in [0.25, 0.3) is 0 Å². The lowest BCUT2D eigenvalue weighted by molar-refractivity contribution is -0.139. The average molecular weight is 251 g/mol. The van der Waals surface area contributed by atoms with Gasteiger partial charge in [0.05, 0.1) is 6.42 Å². The molecule has 0 amide bonds. The maximum Gasteiger partial charge on any atom is 0.390 e. The molecule has 2 N–H and O–H groups in total. The van der Waals surface area contributed by atoms with Crippen molar-refractivity contribution in [1.82, 2.24) is 5.32 Å². The smallest absolute Gasteiger partial charge is 0.390 e. The number of aromatic hydroxyl groups is 1. The molecule has 0 aliphatic heterocycles. The molecule has 0 saturated carbocycles. The topological polar surface area (TPSA) is 32.3 Å². The van der Waals surface area contributed by atoms with Crippen molar-refractivity contribution in [1.29, 1.82) is 0 Å². The van der Waals surface area contributed by atoms with E-state index in [9.17, 15) is 22.7 Å². The number of phenols is 1. The van der Waals surface area contributed by atoms with Crippen molar-refractivity contribution < 1.29 is 22.7 Å². The Labute approximate surface area is 96.3 Å². The van der Waals surface area contributed by atoms with Crippen LogP contribution in [0.4, 0.5) is 17.6 Å². The van der Waals surface area contributed by atoms with Crippen LogP contribution in [-0.4, -0.2) is 17.3 Å². The maximum absolute atomic E-state index is 12.9. The highest BCUT2D eigenvalue weighted by atomic mass is 19.4. The fraction of sp³-hybridized carbons (Fsp3) is 0.455. The normalized spacial score (nSPS) is 13.7. The zero-order valence-electron chi connectivity index (χ0n) is 9.18. The van der Waals surface area contributed by atoms with E-state index < -0.39 is 30.2 Å². The molecule has 0 radical (unpaired) electrons. The summed E-state index contributed by atoms with van der Waals surface area (Å²) < 4.78 is 49.0. The number of para-hydroxylation sites is 1. The zero-order valence-corrected chi connectivity index (χ0v) is 9.18. The second-order valence-electron chi connectivity index (χ2n) is 3.85. The lowest BCUT2D eigenvalue weighted by atomic mass is 10.1. The minimum Gasteiger partial charge on any atom is -0.505 e. The van der Waals surface area contributed by atoms with Gasteiger partial charge in [-0.05, 0) is 13.0 Å². The number of phenolic OH excluding ortho intramolecular Hbond substituents is 1. The van der Waals surface area contributed by atoms with Crippen LogP contribution in [0.2, 0.25) is 0 Å². The van der Waals surface area contributed by atoms with Gasteiger partial charge < -0.3 is 10.4 Å². The molecule has 1 rings (SSSR count). The number of nitrogens with one attached hydrogen (secondary N) is 1. The van der Waals surface area contributed by atoms with Crippen LogP contribution in [0.5, 0.6) is 5.75 Å². The number of hydrogen-bond acceptors (Lipinski definition) is 2. The van der Waals surface area contributed by atoms with Crippen molar-refractivity contribution in [2.45, 2.75) is 32.1 Å². The van der Waals surface area contributed by atoms with Crippen LogP contribution in [0.3, 0.4) is 0 Å².